The third kappa shape index (κ3) is 1.81. The highest BCUT2D eigenvalue weighted by atomic mass is 15.2. The smallest absolute Gasteiger partial charge is 0.0461 e. The maximum absolute atomic E-state index is 3.53. The number of aromatic nitrogens is 1. The van der Waals surface area contributed by atoms with E-state index in [9.17, 15) is 0 Å². The van der Waals surface area contributed by atoms with E-state index >= 15 is 0 Å². The van der Waals surface area contributed by atoms with Crippen LogP contribution in [0.15, 0.2) is 12.1 Å². The lowest BCUT2D eigenvalue weighted by Crippen LogP contribution is -2.37. The van der Waals surface area contributed by atoms with E-state index in [-0.39, 0.29) is 0 Å². The Labute approximate surface area is 121 Å². The van der Waals surface area contributed by atoms with E-state index in [4.69, 9.17) is 0 Å². The SMILES string of the molecule is Cc1[nH]c2ccc3c(c2c1C)CCC(N1CCCC1)C3. The molecule has 1 atom stereocenters. The fourth-order valence-corrected chi connectivity index (χ4v) is 4.27. The fourth-order valence-electron chi connectivity index (χ4n) is 4.27. The Morgan fingerprint density at radius 1 is 1.15 bits per heavy atom. The summed E-state index contributed by atoms with van der Waals surface area (Å²) in [6.07, 6.45) is 6.66. The molecule has 0 saturated carbocycles. The summed E-state index contributed by atoms with van der Waals surface area (Å²) in [4.78, 5) is 6.26. The summed E-state index contributed by atoms with van der Waals surface area (Å²) in [5.41, 5.74) is 7.34. The van der Waals surface area contributed by atoms with Crippen LogP contribution in [-0.2, 0) is 12.8 Å². The summed E-state index contributed by atoms with van der Waals surface area (Å²) in [5.74, 6) is 0. The molecule has 1 saturated heterocycles. The van der Waals surface area contributed by atoms with Gasteiger partial charge in [-0.3, -0.25) is 0 Å². The van der Waals surface area contributed by atoms with Crippen LogP contribution < -0.4 is 0 Å². The van der Waals surface area contributed by atoms with Gasteiger partial charge in [-0.1, -0.05) is 6.07 Å². The zero-order valence-electron chi connectivity index (χ0n) is 12.6. The largest absolute Gasteiger partial charge is 0.358 e. The molecule has 2 aromatic rings. The van der Waals surface area contributed by atoms with E-state index in [1.807, 2.05) is 0 Å². The predicted octanol–water partition coefficient (Wildman–Crippen LogP) is 3.74. The van der Waals surface area contributed by atoms with Gasteiger partial charge < -0.3 is 9.88 Å². The standard InChI is InChI=1S/C18H24N2/c1-12-13(2)19-17-8-5-14-11-15(20-9-3-4-10-20)6-7-16(14)18(12)17/h5,8,15,19H,3-4,6-7,9-11H2,1-2H3. The molecule has 1 aliphatic carbocycles. The van der Waals surface area contributed by atoms with Gasteiger partial charge in [-0.15, -0.1) is 0 Å². The van der Waals surface area contributed by atoms with Crippen LogP contribution in [0.5, 0.6) is 0 Å². The predicted molar refractivity (Wildman–Crippen MR) is 84.4 cm³/mol. The first-order chi connectivity index (χ1) is 9.74. The number of benzene rings is 1. The van der Waals surface area contributed by atoms with Crippen LogP contribution in [0.2, 0.25) is 0 Å². The average molecular weight is 268 g/mol. The lowest BCUT2D eigenvalue weighted by Gasteiger charge is -2.32. The molecule has 2 heterocycles. The van der Waals surface area contributed by atoms with E-state index in [2.05, 4.69) is 35.9 Å². The zero-order valence-corrected chi connectivity index (χ0v) is 12.6. The van der Waals surface area contributed by atoms with E-state index < -0.39 is 0 Å². The van der Waals surface area contributed by atoms with Crippen LogP contribution in [-0.4, -0.2) is 29.0 Å². The molecule has 1 unspecified atom stereocenters. The molecule has 1 aromatic carbocycles. The molecule has 20 heavy (non-hydrogen) atoms. The quantitative estimate of drug-likeness (QED) is 0.835. The molecule has 2 nitrogen and oxygen atoms in total. The fraction of sp³-hybridized carbons (Fsp3) is 0.556. The molecular weight excluding hydrogens is 244 g/mol. The van der Waals surface area contributed by atoms with Crippen LogP contribution >= 0.6 is 0 Å². The lowest BCUT2D eigenvalue weighted by molar-refractivity contribution is 0.222. The van der Waals surface area contributed by atoms with Gasteiger partial charge in [-0.05, 0) is 81.8 Å². The summed E-state index contributed by atoms with van der Waals surface area (Å²) in [5, 5.41) is 1.51. The molecular formula is C18H24N2. The van der Waals surface area contributed by atoms with Crippen molar-refractivity contribution in [3.63, 3.8) is 0 Å². The molecule has 1 N–H and O–H groups in total. The third-order valence-electron chi connectivity index (χ3n) is 5.51. The van der Waals surface area contributed by atoms with Crippen LogP contribution in [0, 0.1) is 13.8 Å². The second-order valence-electron chi connectivity index (χ2n) is 6.64. The number of H-pyrrole nitrogens is 1. The lowest BCUT2D eigenvalue weighted by atomic mass is 9.85. The highest BCUT2D eigenvalue weighted by molar-refractivity contribution is 5.89. The number of aryl methyl sites for hydroxylation is 3. The summed E-state index contributed by atoms with van der Waals surface area (Å²) >= 11 is 0. The Kier molecular flexibility index (Phi) is 2.88. The molecule has 2 aliphatic rings. The van der Waals surface area contributed by atoms with Gasteiger partial charge in [-0.25, -0.2) is 0 Å². The molecule has 0 bridgehead atoms. The summed E-state index contributed by atoms with van der Waals surface area (Å²) in [6, 6.07) is 5.46. The molecule has 1 aliphatic heterocycles. The summed E-state index contributed by atoms with van der Waals surface area (Å²) < 4.78 is 0. The minimum absolute atomic E-state index is 0.794. The third-order valence-corrected chi connectivity index (χ3v) is 5.51. The first-order valence-electron chi connectivity index (χ1n) is 8.07. The summed E-state index contributed by atoms with van der Waals surface area (Å²) in [7, 11) is 0. The van der Waals surface area contributed by atoms with Crippen LogP contribution in [0.4, 0.5) is 0 Å². The minimum atomic E-state index is 0.794. The maximum Gasteiger partial charge on any atom is 0.0461 e. The first kappa shape index (κ1) is 12.5. The van der Waals surface area contributed by atoms with Crippen LogP contribution in [0.25, 0.3) is 10.9 Å². The van der Waals surface area contributed by atoms with Crippen molar-refractivity contribution in [3.8, 4) is 0 Å². The molecule has 0 amide bonds. The van der Waals surface area contributed by atoms with Crippen molar-refractivity contribution in [3.05, 3.63) is 34.5 Å². The number of hydrogen-bond donors (Lipinski definition) is 1. The van der Waals surface area contributed by atoms with Crippen LogP contribution in [0.3, 0.4) is 0 Å². The normalized spacial score (nSPS) is 23.4. The van der Waals surface area contributed by atoms with Crippen molar-refractivity contribution in [1.82, 2.24) is 9.88 Å². The van der Waals surface area contributed by atoms with E-state index in [0.717, 1.165) is 6.04 Å². The second-order valence-corrected chi connectivity index (χ2v) is 6.64. The molecule has 0 radical (unpaired) electrons. The second kappa shape index (κ2) is 4.63. The van der Waals surface area contributed by atoms with Gasteiger partial charge in [-0.2, -0.15) is 0 Å². The van der Waals surface area contributed by atoms with Gasteiger partial charge >= 0.3 is 0 Å². The Morgan fingerprint density at radius 2 is 1.95 bits per heavy atom. The zero-order chi connectivity index (χ0) is 13.7. The number of nitrogens with one attached hydrogen (secondary N) is 1. The van der Waals surface area contributed by atoms with E-state index in [1.165, 1.54) is 67.4 Å². The van der Waals surface area contributed by atoms with Gasteiger partial charge in [0.1, 0.15) is 0 Å². The number of nitrogens with zero attached hydrogens (tertiary/aromatic N) is 1. The molecule has 1 aromatic heterocycles. The first-order valence-corrected chi connectivity index (χ1v) is 8.07. The van der Waals surface area contributed by atoms with Crippen molar-refractivity contribution < 1.29 is 0 Å². The molecule has 1 fully saturated rings. The van der Waals surface area contributed by atoms with E-state index in [1.54, 1.807) is 11.1 Å². The van der Waals surface area contributed by atoms with Gasteiger partial charge in [0.05, 0.1) is 0 Å². The number of fused-ring (bicyclic) bond motifs is 3. The van der Waals surface area contributed by atoms with Crippen molar-refractivity contribution in [2.45, 2.75) is 52.0 Å². The van der Waals surface area contributed by atoms with Crippen molar-refractivity contribution in [2.24, 2.45) is 0 Å². The van der Waals surface area contributed by atoms with Crippen molar-refractivity contribution in [1.29, 1.82) is 0 Å². The van der Waals surface area contributed by atoms with E-state index in [0.29, 0.717) is 0 Å². The summed E-state index contributed by atoms with van der Waals surface area (Å²) in [6.45, 7) is 7.10. The number of hydrogen-bond acceptors (Lipinski definition) is 1. The topological polar surface area (TPSA) is 19.0 Å². The van der Waals surface area contributed by atoms with Crippen LogP contribution in [0.1, 0.15) is 41.6 Å². The number of aromatic amines is 1. The number of rotatable bonds is 1. The molecule has 4 rings (SSSR count). The van der Waals surface area contributed by atoms with Gasteiger partial charge in [0.25, 0.3) is 0 Å². The highest BCUT2D eigenvalue weighted by Gasteiger charge is 2.27. The Morgan fingerprint density at radius 3 is 2.75 bits per heavy atom. The Bertz CT molecular complexity index is 647. The number of likely N-dealkylation sites (tertiary alicyclic amines) is 1. The van der Waals surface area contributed by atoms with Gasteiger partial charge in [0, 0.05) is 22.6 Å². The molecule has 2 heteroatoms. The minimum Gasteiger partial charge on any atom is -0.358 e. The van der Waals surface area contributed by atoms with Gasteiger partial charge in [0.15, 0.2) is 0 Å². The Hall–Kier alpha value is -1.28. The van der Waals surface area contributed by atoms with Crippen molar-refractivity contribution in [2.75, 3.05) is 13.1 Å². The molecule has 106 valence electrons. The van der Waals surface area contributed by atoms with Gasteiger partial charge in [0.2, 0.25) is 0 Å². The monoisotopic (exact) mass is 268 g/mol. The highest BCUT2D eigenvalue weighted by Crippen LogP contribution is 2.34. The average Bonchev–Trinajstić information content (AvgIpc) is 3.08. The Balaban J connectivity index is 1.73. The maximum atomic E-state index is 3.53. The molecule has 0 spiro atoms. The van der Waals surface area contributed by atoms with Crippen molar-refractivity contribution >= 4 is 10.9 Å².